The number of nitrogens with zero attached hydrogens (tertiary/aromatic N) is 2. The van der Waals surface area contributed by atoms with E-state index in [-0.39, 0.29) is 0 Å². The van der Waals surface area contributed by atoms with Gasteiger partial charge in [-0.15, -0.1) is 0 Å². The van der Waals surface area contributed by atoms with Crippen LogP contribution in [-0.2, 0) is 0 Å². The Kier molecular flexibility index (Phi) is 6.60. The van der Waals surface area contributed by atoms with Gasteiger partial charge in [-0.1, -0.05) is 34.6 Å². The Morgan fingerprint density at radius 2 is 1.58 bits per heavy atom. The van der Waals surface area contributed by atoms with Crippen molar-refractivity contribution in [2.75, 3.05) is 23.7 Å². The molecule has 0 aromatic carbocycles. The van der Waals surface area contributed by atoms with Gasteiger partial charge in [0.05, 0.1) is 0 Å². The molecule has 1 heterocycles. The second kappa shape index (κ2) is 7.97. The molecule has 1 aromatic rings. The third-order valence-electron chi connectivity index (χ3n) is 3.02. The van der Waals surface area contributed by atoms with Crippen molar-refractivity contribution in [3.8, 4) is 0 Å². The van der Waals surface area contributed by atoms with Crippen molar-refractivity contribution in [3.05, 3.63) is 11.9 Å². The van der Waals surface area contributed by atoms with Crippen molar-refractivity contribution in [2.45, 2.75) is 53.4 Å². The lowest BCUT2D eigenvalue weighted by atomic mass is 10.0. The van der Waals surface area contributed by atoms with Gasteiger partial charge in [0.1, 0.15) is 18.0 Å². The van der Waals surface area contributed by atoms with Crippen LogP contribution in [0.1, 0.15) is 58.9 Å². The quantitative estimate of drug-likeness (QED) is 0.748. The molecule has 1 rings (SSSR count). The molecule has 2 N–H and O–H groups in total. The van der Waals surface area contributed by atoms with Crippen LogP contribution in [0.4, 0.5) is 11.6 Å². The molecule has 0 radical (unpaired) electrons. The molecule has 0 saturated heterocycles. The van der Waals surface area contributed by atoms with Gasteiger partial charge in [-0.3, -0.25) is 0 Å². The van der Waals surface area contributed by atoms with Crippen molar-refractivity contribution in [1.82, 2.24) is 9.97 Å². The molecule has 0 bridgehead atoms. The van der Waals surface area contributed by atoms with Crippen LogP contribution in [-0.4, -0.2) is 23.1 Å². The second-order valence-electron chi connectivity index (χ2n) is 5.68. The van der Waals surface area contributed by atoms with Crippen LogP contribution >= 0.6 is 0 Å². The number of hydrogen-bond donors (Lipinski definition) is 2. The Morgan fingerprint density at radius 1 is 1.00 bits per heavy atom. The first-order valence-corrected chi connectivity index (χ1v) is 7.38. The fraction of sp³-hybridized carbons (Fsp3) is 0.733. The van der Waals surface area contributed by atoms with Gasteiger partial charge in [0.25, 0.3) is 0 Å². The number of rotatable bonds is 8. The van der Waals surface area contributed by atoms with Crippen LogP contribution in [0.5, 0.6) is 0 Å². The Balaban J connectivity index is 2.83. The average Bonchev–Trinajstić information content (AvgIpc) is 2.35. The minimum atomic E-state index is 0.405. The van der Waals surface area contributed by atoms with E-state index in [1.54, 1.807) is 6.33 Å². The molecule has 0 unspecified atom stereocenters. The van der Waals surface area contributed by atoms with Crippen LogP contribution in [0, 0.1) is 5.92 Å². The molecule has 0 aliphatic carbocycles. The van der Waals surface area contributed by atoms with E-state index < -0.39 is 0 Å². The number of aromatic nitrogens is 2. The molecule has 1 aromatic heterocycles. The second-order valence-corrected chi connectivity index (χ2v) is 5.68. The number of anilines is 2. The molecule has 4 nitrogen and oxygen atoms in total. The highest BCUT2D eigenvalue weighted by Gasteiger charge is 2.14. The third-order valence-corrected chi connectivity index (χ3v) is 3.02. The summed E-state index contributed by atoms with van der Waals surface area (Å²) in [7, 11) is 0. The van der Waals surface area contributed by atoms with Crippen LogP contribution in [0.25, 0.3) is 0 Å². The summed E-state index contributed by atoms with van der Waals surface area (Å²) in [5.74, 6) is 3.06. The predicted octanol–water partition coefficient (Wildman–Crippen LogP) is 3.88. The summed E-state index contributed by atoms with van der Waals surface area (Å²) >= 11 is 0. The zero-order valence-corrected chi connectivity index (χ0v) is 13.0. The van der Waals surface area contributed by atoms with E-state index in [0.29, 0.717) is 11.8 Å². The standard InChI is InChI=1S/C15H28N4/c1-6-8-16-14-13(12(4)5)15(19-10-18-14)17-9-7-11(2)3/h10-12H,6-9H2,1-5H3,(H2,16,17,18,19). The lowest BCUT2D eigenvalue weighted by molar-refractivity contribution is 0.606. The van der Waals surface area contributed by atoms with Gasteiger partial charge < -0.3 is 10.6 Å². The zero-order valence-electron chi connectivity index (χ0n) is 13.0. The van der Waals surface area contributed by atoms with E-state index in [1.807, 2.05) is 0 Å². The van der Waals surface area contributed by atoms with Crippen molar-refractivity contribution < 1.29 is 0 Å². The summed E-state index contributed by atoms with van der Waals surface area (Å²) in [5.41, 5.74) is 1.19. The molecular formula is C15H28N4. The molecule has 0 spiro atoms. The molecule has 0 amide bonds. The van der Waals surface area contributed by atoms with Crippen molar-refractivity contribution in [3.63, 3.8) is 0 Å². The highest BCUT2D eigenvalue weighted by molar-refractivity contribution is 5.58. The van der Waals surface area contributed by atoms with E-state index >= 15 is 0 Å². The third kappa shape index (κ3) is 5.05. The van der Waals surface area contributed by atoms with Crippen LogP contribution < -0.4 is 10.6 Å². The zero-order chi connectivity index (χ0) is 14.3. The SMILES string of the molecule is CCCNc1ncnc(NCCC(C)C)c1C(C)C. The summed E-state index contributed by atoms with van der Waals surface area (Å²) in [6.45, 7) is 12.9. The molecule has 0 saturated carbocycles. The topological polar surface area (TPSA) is 49.8 Å². The van der Waals surface area contributed by atoms with Gasteiger partial charge in [0.15, 0.2) is 0 Å². The highest BCUT2D eigenvalue weighted by Crippen LogP contribution is 2.28. The number of nitrogens with one attached hydrogen (secondary N) is 2. The van der Waals surface area contributed by atoms with Crippen molar-refractivity contribution in [2.24, 2.45) is 5.92 Å². The van der Waals surface area contributed by atoms with E-state index in [2.05, 4.69) is 55.2 Å². The van der Waals surface area contributed by atoms with Gasteiger partial charge in [0, 0.05) is 18.7 Å². The minimum absolute atomic E-state index is 0.405. The van der Waals surface area contributed by atoms with Gasteiger partial charge >= 0.3 is 0 Å². The average molecular weight is 264 g/mol. The Hall–Kier alpha value is -1.32. The fourth-order valence-electron chi connectivity index (χ4n) is 1.95. The summed E-state index contributed by atoms with van der Waals surface area (Å²) in [6.07, 6.45) is 3.89. The number of hydrogen-bond acceptors (Lipinski definition) is 4. The Labute approximate surface area is 117 Å². The van der Waals surface area contributed by atoms with E-state index in [0.717, 1.165) is 37.6 Å². The summed E-state index contributed by atoms with van der Waals surface area (Å²) in [6, 6.07) is 0. The monoisotopic (exact) mass is 264 g/mol. The van der Waals surface area contributed by atoms with Crippen LogP contribution in [0.3, 0.4) is 0 Å². The Morgan fingerprint density at radius 3 is 2.05 bits per heavy atom. The maximum absolute atomic E-state index is 4.40. The van der Waals surface area contributed by atoms with Crippen LogP contribution in [0.15, 0.2) is 6.33 Å². The molecule has 0 aliphatic heterocycles. The lowest BCUT2D eigenvalue weighted by Crippen LogP contribution is -2.13. The molecule has 0 fully saturated rings. The van der Waals surface area contributed by atoms with Crippen molar-refractivity contribution in [1.29, 1.82) is 0 Å². The van der Waals surface area contributed by atoms with Crippen molar-refractivity contribution >= 4 is 11.6 Å². The maximum atomic E-state index is 4.40. The smallest absolute Gasteiger partial charge is 0.134 e. The summed E-state index contributed by atoms with van der Waals surface area (Å²) < 4.78 is 0. The molecule has 0 atom stereocenters. The highest BCUT2D eigenvalue weighted by atomic mass is 15.1. The van der Waals surface area contributed by atoms with Gasteiger partial charge in [-0.2, -0.15) is 0 Å². The Bertz CT molecular complexity index is 374. The van der Waals surface area contributed by atoms with E-state index in [1.165, 1.54) is 5.56 Å². The normalized spacial score (nSPS) is 11.1. The van der Waals surface area contributed by atoms with Gasteiger partial charge in [-0.25, -0.2) is 9.97 Å². The summed E-state index contributed by atoms with van der Waals surface area (Å²) in [4.78, 5) is 8.78. The molecule has 108 valence electrons. The van der Waals surface area contributed by atoms with Gasteiger partial charge in [-0.05, 0) is 24.7 Å². The molecule has 4 heteroatoms. The molecule has 0 aliphatic rings. The minimum Gasteiger partial charge on any atom is -0.370 e. The summed E-state index contributed by atoms with van der Waals surface area (Å²) in [5, 5.41) is 6.84. The maximum Gasteiger partial charge on any atom is 0.134 e. The predicted molar refractivity (Wildman–Crippen MR) is 82.8 cm³/mol. The lowest BCUT2D eigenvalue weighted by Gasteiger charge is -2.18. The molecular weight excluding hydrogens is 236 g/mol. The van der Waals surface area contributed by atoms with E-state index in [9.17, 15) is 0 Å². The van der Waals surface area contributed by atoms with Gasteiger partial charge in [0.2, 0.25) is 0 Å². The first-order valence-electron chi connectivity index (χ1n) is 7.38. The van der Waals surface area contributed by atoms with Crippen LogP contribution in [0.2, 0.25) is 0 Å². The molecule has 19 heavy (non-hydrogen) atoms. The first kappa shape index (κ1) is 15.7. The first-order chi connectivity index (χ1) is 9.06. The fourth-order valence-corrected chi connectivity index (χ4v) is 1.95. The van der Waals surface area contributed by atoms with E-state index in [4.69, 9.17) is 0 Å². The largest absolute Gasteiger partial charge is 0.370 e.